The smallest absolute Gasteiger partial charge is 0.204 e. The van der Waals surface area contributed by atoms with Gasteiger partial charge in [0.25, 0.3) is 0 Å². The molecule has 0 unspecified atom stereocenters. The van der Waals surface area contributed by atoms with Crippen LogP contribution in [-0.2, 0) is 0 Å². The number of ether oxygens (including phenoxy) is 2. The van der Waals surface area contributed by atoms with Gasteiger partial charge in [-0.1, -0.05) is 23.5 Å². The largest absolute Gasteiger partial charge is 0.497 e. The van der Waals surface area contributed by atoms with Crippen LogP contribution in [0.4, 0.5) is 5.13 Å². The van der Waals surface area contributed by atoms with Crippen LogP contribution in [0, 0.1) is 0 Å². The maximum Gasteiger partial charge on any atom is 0.204 e. The number of hydrazone groups is 1. The normalized spacial score (nSPS) is 11.0. The predicted molar refractivity (Wildman–Crippen MR) is 90.4 cm³/mol. The fraction of sp³-hybridized carbons (Fsp3) is 0.125. The summed E-state index contributed by atoms with van der Waals surface area (Å²) in [7, 11) is 3.25. The Morgan fingerprint density at radius 2 is 2.00 bits per heavy atom. The van der Waals surface area contributed by atoms with Crippen molar-refractivity contribution in [2.24, 2.45) is 5.10 Å². The highest BCUT2D eigenvalue weighted by Crippen LogP contribution is 2.26. The first-order valence-electron chi connectivity index (χ1n) is 6.67. The van der Waals surface area contributed by atoms with Crippen LogP contribution in [-0.4, -0.2) is 25.4 Å². The van der Waals surface area contributed by atoms with Gasteiger partial charge in [0.15, 0.2) is 0 Å². The Morgan fingerprint density at radius 1 is 1.14 bits per heavy atom. The van der Waals surface area contributed by atoms with Crippen LogP contribution in [0.1, 0.15) is 5.56 Å². The molecule has 0 aliphatic carbocycles. The molecule has 6 heteroatoms. The van der Waals surface area contributed by atoms with E-state index in [0.717, 1.165) is 32.4 Å². The molecule has 2 aromatic carbocycles. The molecular formula is C16H15N3O2S. The third-order valence-electron chi connectivity index (χ3n) is 3.09. The number of rotatable bonds is 5. The quantitative estimate of drug-likeness (QED) is 0.575. The van der Waals surface area contributed by atoms with E-state index in [1.54, 1.807) is 31.8 Å². The second-order valence-corrected chi connectivity index (χ2v) is 5.50. The van der Waals surface area contributed by atoms with Gasteiger partial charge in [0.1, 0.15) is 11.5 Å². The summed E-state index contributed by atoms with van der Waals surface area (Å²) in [6, 6.07) is 13.5. The summed E-state index contributed by atoms with van der Waals surface area (Å²) in [6.45, 7) is 0. The van der Waals surface area contributed by atoms with Gasteiger partial charge in [-0.3, -0.25) is 5.43 Å². The molecular weight excluding hydrogens is 298 g/mol. The molecule has 22 heavy (non-hydrogen) atoms. The Morgan fingerprint density at radius 3 is 2.77 bits per heavy atom. The minimum atomic E-state index is 0.732. The third kappa shape index (κ3) is 3.01. The SMILES string of the molecule is COc1ccc(OC)c(/C=N\Nc2nc3ccccc3s2)c1. The summed E-state index contributed by atoms with van der Waals surface area (Å²) < 4.78 is 11.6. The first-order chi connectivity index (χ1) is 10.8. The zero-order chi connectivity index (χ0) is 15.4. The van der Waals surface area contributed by atoms with E-state index in [9.17, 15) is 0 Å². The molecule has 3 rings (SSSR count). The molecule has 0 radical (unpaired) electrons. The van der Waals surface area contributed by atoms with Crippen molar-refractivity contribution in [3.8, 4) is 11.5 Å². The minimum absolute atomic E-state index is 0.732. The summed E-state index contributed by atoms with van der Waals surface area (Å²) in [4.78, 5) is 4.46. The number of para-hydroxylation sites is 1. The Hall–Kier alpha value is -2.60. The molecule has 0 saturated carbocycles. The van der Waals surface area contributed by atoms with Crippen LogP contribution >= 0.6 is 11.3 Å². The fourth-order valence-corrected chi connectivity index (χ4v) is 2.83. The Bertz CT molecular complexity index is 781. The van der Waals surface area contributed by atoms with Crippen molar-refractivity contribution < 1.29 is 9.47 Å². The summed E-state index contributed by atoms with van der Waals surface area (Å²) in [5, 5.41) is 4.98. The molecule has 1 aromatic heterocycles. The van der Waals surface area contributed by atoms with Crippen LogP contribution < -0.4 is 14.9 Å². The first-order valence-corrected chi connectivity index (χ1v) is 7.48. The number of thiazole rings is 1. The van der Waals surface area contributed by atoms with Gasteiger partial charge in [0.05, 0.1) is 30.7 Å². The highest BCUT2D eigenvalue weighted by Gasteiger charge is 2.03. The van der Waals surface area contributed by atoms with E-state index in [0.29, 0.717) is 0 Å². The highest BCUT2D eigenvalue weighted by molar-refractivity contribution is 7.22. The van der Waals surface area contributed by atoms with E-state index in [-0.39, 0.29) is 0 Å². The summed E-state index contributed by atoms with van der Waals surface area (Å²) >= 11 is 1.56. The molecule has 0 saturated heterocycles. The van der Waals surface area contributed by atoms with Crippen LogP contribution in [0.3, 0.4) is 0 Å². The van der Waals surface area contributed by atoms with Crippen LogP contribution in [0.5, 0.6) is 11.5 Å². The van der Waals surface area contributed by atoms with Gasteiger partial charge in [-0.25, -0.2) is 4.98 Å². The zero-order valence-corrected chi connectivity index (χ0v) is 13.1. The topological polar surface area (TPSA) is 55.7 Å². The monoisotopic (exact) mass is 313 g/mol. The number of methoxy groups -OCH3 is 2. The number of nitrogens with one attached hydrogen (secondary N) is 1. The number of hydrogen-bond acceptors (Lipinski definition) is 6. The minimum Gasteiger partial charge on any atom is -0.497 e. The van der Waals surface area contributed by atoms with Crippen molar-refractivity contribution in [1.82, 2.24) is 4.98 Å². The lowest BCUT2D eigenvalue weighted by Gasteiger charge is -2.06. The lowest BCUT2D eigenvalue weighted by atomic mass is 10.2. The predicted octanol–water partition coefficient (Wildman–Crippen LogP) is 3.76. The van der Waals surface area contributed by atoms with Gasteiger partial charge in [-0.2, -0.15) is 5.10 Å². The first kappa shape index (κ1) is 14.3. The number of fused-ring (bicyclic) bond motifs is 1. The molecule has 0 aliphatic heterocycles. The van der Waals surface area contributed by atoms with Gasteiger partial charge in [-0.15, -0.1) is 0 Å². The lowest BCUT2D eigenvalue weighted by molar-refractivity contribution is 0.402. The average Bonchev–Trinajstić information content (AvgIpc) is 2.97. The molecule has 0 amide bonds. The van der Waals surface area contributed by atoms with Crippen LogP contribution in [0.15, 0.2) is 47.6 Å². The van der Waals surface area contributed by atoms with E-state index in [1.807, 2.05) is 42.5 Å². The molecule has 5 nitrogen and oxygen atoms in total. The zero-order valence-electron chi connectivity index (χ0n) is 12.2. The average molecular weight is 313 g/mol. The molecule has 1 N–H and O–H groups in total. The molecule has 0 atom stereocenters. The van der Waals surface area contributed by atoms with Crippen molar-refractivity contribution in [2.75, 3.05) is 19.6 Å². The van der Waals surface area contributed by atoms with Gasteiger partial charge in [0.2, 0.25) is 5.13 Å². The number of nitrogens with zero attached hydrogens (tertiary/aromatic N) is 2. The Labute approximate surface area is 132 Å². The standard InChI is InChI=1S/C16H15N3O2S/c1-20-12-7-8-14(21-2)11(9-12)10-17-19-16-18-13-5-3-4-6-15(13)22-16/h3-10H,1-2H3,(H,18,19)/b17-10-. The van der Waals surface area contributed by atoms with Crippen molar-refractivity contribution in [3.05, 3.63) is 48.0 Å². The fourth-order valence-electron chi connectivity index (χ4n) is 2.02. The Kier molecular flexibility index (Phi) is 4.20. The maximum absolute atomic E-state index is 5.31. The number of benzene rings is 2. The molecule has 0 spiro atoms. The Balaban J connectivity index is 1.79. The van der Waals surface area contributed by atoms with Gasteiger partial charge < -0.3 is 9.47 Å². The van der Waals surface area contributed by atoms with Crippen LogP contribution in [0.25, 0.3) is 10.2 Å². The maximum atomic E-state index is 5.31. The van der Waals surface area contributed by atoms with Gasteiger partial charge in [0, 0.05) is 5.56 Å². The summed E-state index contributed by atoms with van der Waals surface area (Å²) in [6.07, 6.45) is 1.69. The lowest BCUT2D eigenvalue weighted by Crippen LogP contribution is -1.95. The van der Waals surface area contributed by atoms with E-state index >= 15 is 0 Å². The second-order valence-electron chi connectivity index (χ2n) is 4.46. The molecule has 3 aromatic rings. The van der Waals surface area contributed by atoms with E-state index < -0.39 is 0 Å². The van der Waals surface area contributed by atoms with Crippen molar-refractivity contribution in [3.63, 3.8) is 0 Å². The third-order valence-corrected chi connectivity index (χ3v) is 4.04. The van der Waals surface area contributed by atoms with E-state index in [1.165, 1.54) is 0 Å². The second kappa shape index (κ2) is 6.44. The number of hydrogen-bond donors (Lipinski definition) is 1. The van der Waals surface area contributed by atoms with Crippen molar-refractivity contribution in [1.29, 1.82) is 0 Å². The molecule has 1 heterocycles. The van der Waals surface area contributed by atoms with Crippen LogP contribution in [0.2, 0.25) is 0 Å². The molecule has 0 bridgehead atoms. The highest BCUT2D eigenvalue weighted by atomic mass is 32.1. The molecule has 0 aliphatic rings. The number of aromatic nitrogens is 1. The molecule has 112 valence electrons. The summed E-state index contributed by atoms with van der Waals surface area (Å²) in [5.74, 6) is 1.48. The van der Waals surface area contributed by atoms with Crippen molar-refractivity contribution >= 4 is 32.9 Å². The number of anilines is 1. The van der Waals surface area contributed by atoms with E-state index in [4.69, 9.17) is 9.47 Å². The van der Waals surface area contributed by atoms with E-state index in [2.05, 4.69) is 15.5 Å². The van der Waals surface area contributed by atoms with Crippen molar-refractivity contribution in [2.45, 2.75) is 0 Å². The van der Waals surface area contributed by atoms with Gasteiger partial charge >= 0.3 is 0 Å². The molecule has 0 fully saturated rings. The summed E-state index contributed by atoms with van der Waals surface area (Å²) in [5.41, 5.74) is 4.74. The van der Waals surface area contributed by atoms with Gasteiger partial charge in [-0.05, 0) is 30.3 Å².